The molecule has 0 saturated carbocycles. The van der Waals surface area contributed by atoms with Gasteiger partial charge >= 0.3 is 93.6 Å². The molecule has 0 aromatic heterocycles. The van der Waals surface area contributed by atoms with Crippen molar-refractivity contribution in [1.82, 2.24) is 0 Å². The van der Waals surface area contributed by atoms with E-state index < -0.39 is 0 Å². The van der Waals surface area contributed by atoms with Crippen LogP contribution in [0.15, 0.2) is 0 Å². The van der Waals surface area contributed by atoms with Crippen LogP contribution in [0, 0.1) is 11.8 Å². The molecule has 0 aliphatic carbocycles. The average molecular weight is 263 g/mol. The molecule has 1 atom stereocenters. The quantitative estimate of drug-likeness (QED) is 0.397. The summed E-state index contributed by atoms with van der Waals surface area (Å²) in [6, 6.07) is 0. The van der Waals surface area contributed by atoms with E-state index in [0.29, 0.717) is 33.0 Å². The van der Waals surface area contributed by atoms with Crippen molar-refractivity contribution in [1.29, 1.82) is 0 Å². The summed E-state index contributed by atoms with van der Waals surface area (Å²) in [5.41, 5.74) is 0.880. The van der Waals surface area contributed by atoms with Gasteiger partial charge in [0.2, 0.25) is 0 Å². The Morgan fingerprint density at radius 1 is 1.29 bits per heavy atom. The molecule has 0 heterocycles. The monoisotopic (exact) mass is 264 g/mol. The minimum atomic E-state index is 0.552. The van der Waals surface area contributed by atoms with Crippen molar-refractivity contribution in [2.24, 2.45) is 0 Å². The van der Waals surface area contributed by atoms with Gasteiger partial charge in [0.15, 0.2) is 0 Å². The Labute approximate surface area is 93.9 Å². The van der Waals surface area contributed by atoms with Crippen LogP contribution >= 0.6 is 0 Å². The fraction of sp³-hybridized carbons (Fsp3) is 0.818. The Kier molecular flexibility index (Phi) is 11.1. The molecule has 0 bridgehead atoms. The third-order valence-electron chi connectivity index (χ3n) is 1.56. The molecule has 0 saturated heterocycles. The molecule has 0 radical (unpaired) electrons. The zero-order valence-corrected chi connectivity index (χ0v) is 11.1. The molecule has 0 fully saturated rings. The Balaban J connectivity index is 3.22. The van der Waals surface area contributed by atoms with Crippen LogP contribution < -0.4 is 0 Å². The molecule has 82 valence electrons. The van der Waals surface area contributed by atoms with Gasteiger partial charge in [-0.3, -0.25) is 0 Å². The van der Waals surface area contributed by atoms with Crippen molar-refractivity contribution >= 4 is 15.0 Å². The van der Waals surface area contributed by atoms with E-state index >= 15 is 0 Å². The normalized spacial score (nSPS) is 11.9. The van der Waals surface area contributed by atoms with Gasteiger partial charge < -0.3 is 0 Å². The second kappa shape index (κ2) is 11.1. The zero-order valence-electron chi connectivity index (χ0n) is 9.34. The van der Waals surface area contributed by atoms with E-state index in [0.717, 1.165) is 18.3 Å². The molecular weight excluding hydrogens is 243 g/mol. The first-order valence-corrected chi connectivity index (χ1v) is 7.15. The molecule has 0 aromatic carbocycles. The van der Waals surface area contributed by atoms with Crippen molar-refractivity contribution in [3.63, 3.8) is 0 Å². The van der Waals surface area contributed by atoms with E-state index in [1.165, 1.54) is 0 Å². The Morgan fingerprint density at radius 2 is 2.07 bits per heavy atom. The molecule has 0 rings (SSSR count). The van der Waals surface area contributed by atoms with E-state index in [2.05, 4.69) is 25.7 Å². The second-order valence-electron chi connectivity index (χ2n) is 2.91. The molecule has 1 unspecified atom stereocenters. The summed E-state index contributed by atoms with van der Waals surface area (Å²) >= 11 is 0.552. The van der Waals surface area contributed by atoms with Crippen molar-refractivity contribution in [3.8, 4) is 11.8 Å². The van der Waals surface area contributed by atoms with Crippen LogP contribution in [-0.4, -0.2) is 40.8 Å². The van der Waals surface area contributed by atoms with Gasteiger partial charge in [-0.25, -0.2) is 0 Å². The fourth-order valence-electron chi connectivity index (χ4n) is 0.765. The van der Waals surface area contributed by atoms with E-state index in [4.69, 9.17) is 9.47 Å². The molecule has 0 aliphatic rings. The third kappa shape index (κ3) is 10.1. The number of ether oxygens (including phenoxy) is 2. The van der Waals surface area contributed by atoms with Crippen LogP contribution in [0.1, 0.15) is 26.7 Å². The maximum absolute atomic E-state index is 5.41. The van der Waals surface area contributed by atoms with Crippen LogP contribution in [0.5, 0.6) is 0 Å². The molecule has 0 N–H and O–H groups in total. The first kappa shape index (κ1) is 14.0. The van der Waals surface area contributed by atoms with Crippen LogP contribution in [0.3, 0.4) is 0 Å². The van der Waals surface area contributed by atoms with Gasteiger partial charge in [0.05, 0.1) is 0 Å². The number of hydrogen-bond donors (Lipinski definition) is 0. The van der Waals surface area contributed by atoms with Crippen LogP contribution in [0.25, 0.3) is 0 Å². The van der Waals surface area contributed by atoms with E-state index in [1.807, 2.05) is 0 Å². The average Bonchev–Trinajstić information content (AvgIpc) is 2.18. The number of rotatable bonds is 7. The van der Waals surface area contributed by atoms with Gasteiger partial charge in [-0.15, -0.1) is 0 Å². The van der Waals surface area contributed by atoms with E-state index in [-0.39, 0.29) is 0 Å². The Hall–Kier alpha value is -0.000519. The SMILES string of the molecule is CCC#CCC(C)[Se]COCCOC. The first-order chi connectivity index (χ1) is 6.81. The van der Waals surface area contributed by atoms with E-state index in [1.54, 1.807) is 7.11 Å². The molecule has 2 nitrogen and oxygen atoms in total. The minimum absolute atomic E-state index is 0.552. The molecule has 0 aliphatic heterocycles. The Bertz CT molecular complexity index is 172. The van der Waals surface area contributed by atoms with Gasteiger partial charge in [-0.05, 0) is 0 Å². The fourth-order valence-corrected chi connectivity index (χ4v) is 2.12. The van der Waals surface area contributed by atoms with Crippen LogP contribution in [0.2, 0.25) is 4.82 Å². The van der Waals surface area contributed by atoms with Crippen molar-refractivity contribution in [3.05, 3.63) is 0 Å². The zero-order chi connectivity index (χ0) is 10.6. The van der Waals surface area contributed by atoms with Gasteiger partial charge in [-0.2, -0.15) is 0 Å². The molecular formula is C11H20O2Se. The summed E-state index contributed by atoms with van der Waals surface area (Å²) in [4.78, 5) is 0.698. The predicted octanol–water partition coefficient (Wildman–Crippen LogP) is 1.92. The summed E-state index contributed by atoms with van der Waals surface area (Å²) in [6.45, 7) is 5.73. The third-order valence-corrected chi connectivity index (χ3v) is 3.74. The second-order valence-corrected chi connectivity index (χ2v) is 5.79. The Morgan fingerprint density at radius 3 is 2.71 bits per heavy atom. The van der Waals surface area contributed by atoms with Crippen molar-refractivity contribution in [2.75, 3.05) is 25.8 Å². The molecule has 0 spiro atoms. The maximum atomic E-state index is 5.41. The molecule has 14 heavy (non-hydrogen) atoms. The van der Waals surface area contributed by atoms with Crippen LogP contribution in [-0.2, 0) is 9.47 Å². The summed E-state index contributed by atoms with van der Waals surface area (Å²) in [5.74, 6) is 6.26. The van der Waals surface area contributed by atoms with Gasteiger partial charge in [0.1, 0.15) is 0 Å². The van der Waals surface area contributed by atoms with E-state index in [9.17, 15) is 0 Å². The summed E-state index contributed by atoms with van der Waals surface area (Å²) in [5, 5.41) is 0. The van der Waals surface area contributed by atoms with Gasteiger partial charge in [0.25, 0.3) is 0 Å². The van der Waals surface area contributed by atoms with Crippen molar-refractivity contribution in [2.45, 2.75) is 31.5 Å². The first-order valence-electron chi connectivity index (χ1n) is 4.95. The summed E-state index contributed by atoms with van der Waals surface area (Å²) in [6.07, 6.45) is 1.98. The van der Waals surface area contributed by atoms with Crippen LogP contribution in [0.4, 0.5) is 0 Å². The predicted molar refractivity (Wildman–Crippen MR) is 60.6 cm³/mol. The number of methoxy groups -OCH3 is 1. The number of hydrogen-bond acceptors (Lipinski definition) is 2. The van der Waals surface area contributed by atoms with Gasteiger partial charge in [0, 0.05) is 0 Å². The summed E-state index contributed by atoms with van der Waals surface area (Å²) in [7, 11) is 1.69. The standard InChI is InChI=1S/C11H20O2Se/c1-4-5-6-7-11(2)14-10-13-9-8-12-3/h11H,4,7-10H2,1-3H3. The van der Waals surface area contributed by atoms with Gasteiger partial charge in [-0.1, -0.05) is 0 Å². The molecule has 0 amide bonds. The van der Waals surface area contributed by atoms with Crippen molar-refractivity contribution < 1.29 is 9.47 Å². The molecule has 0 aromatic rings. The summed E-state index contributed by atoms with van der Waals surface area (Å²) < 4.78 is 10.3. The topological polar surface area (TPSA) is 18.5 Å². The molecule has 3 heteroatoms.